The molecule has 0 saturated heterocycles. The minimum atomic E-state index is -1.49. The lowest BCUT2D eigenvalue weighted by Gasteiger charge is -2.23. The molecule has 8 heteroatoms. The molecule has 140 valence electrons. The fourth-order valence-corrected chi connectivity index (χ4v) is 1.94. The van der Waals surface area contributed by atoms with Gasteiger partial charge >= 0.3 is 0 Å². The van der Waals surface area contributed by atoms with E-state index >= 15 is 0 Å². The lowest BCUT2D eigenvalue weighted by Crippen LogP contribution is -2.41. The van der Waals surface area contributed by atoms with Crippen LogP contribution in [0.5, 0.6) is 0 Å². The van der Waals surface area contributed by atoms with Crippen LogP contribution >= 0.6 is 0 Å². The zero-order valence-electron chi connectivity index (χ0n) is 15.2. The molecule has 0 heterocycles. The molecule has 1 rings (SSSR count). The molecule has 0 fully saturated rings. The summed E-state index contributed by atoms with van der Waals surface area (Å²) in [6.45, 7) is 4.70. The summed E-state index contributed by atoms with van der Waals surface area (Å²) in [5.41, 5.74) is 0.261. The van der Waals surface area contributed by atoms with Gasteiger partial charge in [0.05, 0.1) is 0 Å². The van der Waals surface area contributed by atoms with Gasteiger partial charge in [-0.3, -0.25) is 4.79 Å². The van der Waals surface area contributed by atoms with Crippen molar-refractivity contribution in [3.63, 3.8) is 0 Å². The van der Waals surface area contributed by atoms with Gasteiger partial charge in [-0.25, -0.2) is 18.2 Å². The summed E-state index contributed by atoms with van der Waals surface area (Å²) in [7, 11) is 4.94. The Hall–Kier alpha value is -2.25. The zero-order valence-corrected chi connectivity index (χ0v) is 15.2. The molecule has 1 amide bonds. The Morgan fingerprint density at radius 1 is 1.16 bits per heavy atom. The molecular weight excluding hydrogens is 333 g/mol. The number of aliphatic imine (C=N–C) groups is 1. The maximum Gasteiger partial charge on any atom is 0.243 e. The largest absolute Gasteiger partial charge is 0.356 e. The maximum atomic E-state index is 13.4. The molecule has 1 aromatic rings. The summed E-state index contributed by atoms with van der Waals surface area (Å²) in [5.74, 6) is -3.37. The number of halogens is 3. The molecule has 25 heavy (non-hydrogen) atoms. The maximum absolute atomic E-state index is 13.4. The molecule has 0 bridgehead atoms. The van der Waals surface area contributed by atoms with Crippen LogP contribution in [0.4, 0.5) is 13.2 Å². The average Bonchev–Trinajstić information content (AvgIpc) is 2.51. The van der Waals surface area contributed by atoms with Crippen molar-refractivity contribution in [3.05, 3.63) is 35.1 Å². The molecule has 0 spiro atoms. The summed E-state index contributed by atoms with van der Waals surface area (Å²) >= 11 is 0. The van der Waals surface area contributed by atoms with Crippen LogP contribution in [-0.4, -0.2) is 55.9 Å². The van der Waals surface area contributed by atoms with Crippen molar-refractivity contribution in [2.75, 3.05) is 34.2 Å². The van der Waals surface area contributed by atoms with Gasteiger partial charge in [-0.1, -0.05) is 13.8 Å². The van der Waals surface area contributed by atoms with Crippen molar-refractivity contribution in [1.29, 1.82) is 0 Å². The lowest BCUT2D eigenvalue weighted by atomic mass is 10.2. The molecule has 0 aromatic heterocycles. The highest BCUT2D eigenvalue weighted by Crippen LogP contribution is 2.15. The van der Waals surface area contributed by atoms with Crippen molar-refractivity contribution in [3.8, 4) is 0 Å². The first-order valence-electron chi connectivity index (χ1n) is 7.94. The van der Waals surface area contributed by atoms with E-state index in [2.05, 4.69) is 10.3 Å². The van der Waals surface area contributed by atoms with E-state index in [0.29, 0.717) is 18.4 Å². The van der Waals surface area contributed by atoms with Crippen molar-refractivity contribution >= 4 is 11.9 Å². The van der Waals surface area contributed by atoms with Crippen molar-refractivity contribution < 1.29 is 18.0 Å². The van der Waals surface area contributed by atoms with Crippen molar-refractivity contribution in [2.24, 2.45) is 10.9 Å². The number of carbonyl (C=O) groups is 1. The average molecular weight is 358 g/mol. The van der Waals surface area contributed by atoms with Gasteiger partial charge in [0.2, 0.25) is 5.91 Å². The van der Waals surface area contributed by atoms with Gasteiger partial charge in [0, 0.05) is 34.2 Å². The smallest absolute Gasteiger partial charge is 0.243 e. The van der Waals surface area contributed by atoms with Crippen LogP contribution in [0.2, 0.25) is 0 Å². The predicted molar refractivity (Wildman–Crippen MR) is 91.6 cm³/mol. The SMILES string of the molecule is CC(C)CNC(=NCC(=O)N(C)C)N(C)Cc1cc(F)c(F)c(F)c1. The molecule has 0 unspecified atom stereocenters. The van der Waals surface area contributed by atoms with E-state index in [1.54, 1.807) is 26.0 Å². The molecule has 1 N–H and O–H groups in total. The van der Waals surface area contributed by atoms with E-state index in [0.717, 1.165) is 12.1 Å². The Bertz CT molecular complexity index is 609. The van der Waals surface area contributed by atoms with Gasteiger partial charge in [-0.15, -0.1) is 0 Å². The number of benzene rings is 1. The van der Waals surface area contributed by atoms with E-state index in [1.165, 1.54) is 4.90 Å². The number of nitrogens with zero attached hydrogens (tertiary/aromatic N) is 3. The van der Waals surface area contributed by atoms with Crippen LogP contribution in [0.15, 0.2) is 17.1 Å². The molecule has 0 radical (unpaired) electrons. The van der Waals surface area contributed by atoms with Gasteiger partial charge in [0.25, 0.3) is 0 Å². The van der Waals surface area contributed by atoms with E-state index in [9.17, 15) is 18.0 Å². The third-order valence-electron chi connectivity index (χ3n) is 3.36. The van der Waals surface area contributed by atoms with Gasteiger partial charge < -0.3 is 15.1 Å². The lowest BCUT2D eigenvalue weighted by molar-refractivity contribution is -0.127. The van der Waals surface area contributed by atoms with Gasteiger partial charge in [0.15, 0.2) is 23.4 Å². The van der Waals surface area contributed by atoms with Crippen LogP contribution < -0.4 is 5.32 Å². The van der Waals surface area contributed by atoms with E-state index in [4.69, 9.17) is 0 Å². The second-order valence-electron chi connectivity index (χ2n) is 6.43. The predicted octanol–water partition coefficient (Wildman–Crippen LogP) is 2.23. The minimum absolute atomic E-state index is 0.0517. The number of amides is 1. The molecule has 0 aliphatic heterocycles. The highest BCUT2D eigenvalue weighted by atomic mass is 19.2. The molecule has 0 aliphatic rings. The summed E-state index contributed by atoms with van der Waals surface area (Å²) in [5, 5.41) is 3.12. The second kappa shape index (κ2) is 9.29. The molecule has 0 aliphatic carbocycles. The number of nitrogens with one attached hydrogen (secondary N) is 1. The molecular formula is C17H25F3N4O. The van der Waals surface area contributed by atoms with Crippen LogP contribution in [0.1, 0.15) is 19.4 Å². The van der Waals surface area contributed by atoms with Crippen LogP contribution in [-0.2, 0) is 11.3 Å². The van der Waals surface area contributed by atoms with Crippen molar-refractivity contribution in [2.45, 2.75) is 20.4 Å². The van der Waals surface area contributed by atoms with Crippen LogP contribution in [0, 0.1) is 23.4 Å². The number of hydrogen-bond acceptors (Lipinski definition) is 2. The van der Waals surface area contributed by atoms with E-state index in [-0.39, 0.29) is 24.6 Å². The third kappa shape index (κ3) is 6.64. The van der Waals surface area contributed by atoms with E-state index in [1.807, 2.05) is 13.8 Å². The number of carbonyl (C=O) groups excluding carboxylic acids is 1. The zero-order chi connectivity index (χ0) is 19.1. The quantitative estimate of drug-likeness (QED) is 0.482. The van der Waals surface area contributed by atoms with Gasteiger partial charge in [-0.2, -0.15) is 0 Å². The number of guanidine groups is 1. The minimum Gasteiger partial charge on any atom is -0.356 e. The summed E-state index contributed by atoms with van der Waals surface area (Å²) < 4.78 is 39.8. The third-order valence-corrected chi connectivity index (χ3v) is 3.36. The summed E-state index contributed by atoms with van der Waals surface area (Å²) in [4.78, 5) is 19.0. The highest BCUT2D eigenvalue weighted by Gasteiger charge is 2.14. The van der Waals surface area contributed by atoms with Gasteiger partial charge in [-0.05, 0) is 23.6 Å². The Balaban J connectivity index is 2.92. The highest BCUT2D eigenvalue weighted by molar-refractivity contribution is 5.84. The molecule has 0 atom stereocenters. The Kier molecular flexibility index (Phi) is 7.73. The normalized spacial score (nSPS) is 11.6. The first-order valence-corrected chi connectivity index (χ1v) is 7.94. The first-order chi connectivity index (χ1) is 11.6. The molecule has 0 saturated carbocycles. The van der Waals surface area contributed by atoms with Crippen LogP contribution in [0.3, 0.4) is 0 Å². The Morgan fingerprint density at radius 3 is 2.20 bits per heavy atom. The number of hydrogen-bond donors (Lipinski definition) is 1. The second-order valence-corrected chi connectivity index (χ2v) is 6.43. The first kappa shape index (κ1) is 20.8. The fraction of sp³-hybridized carbons (Fsp3) is 0.529. The standard InChI is InChI=1S/C17H25F3N4O/c1-11(2)8-21-17(22-9-15(25)23(3)4)24(5)10-12-6-13(18)16(20)14(19)7-12/h6-7,11H,8-10H2,1-5H3,(H,21,22). The summed E-state index contributed by atoms with van der Waals surface area (Å²) in [6.07, 6.45) is 0. The molecule has 5 nitrogen and oxygen atoms in total. The van der Waals surface area contributed by atoms with E-state index < -0.39 is 17.5 Å². The number of likely N-dealkylation sites (N-methyl/N-ethyl adjacent to an activating group) is 1. The summed E-state index contributed by atoms with van der Waals surface area (Å²) in [6, 6.07) is 1.89. The number of rotatable bonds is 6. The Morgan fingerprint density at radius 2 is 1.72 bits per heavy atom. The van der Waals surface area contributed by atoms with Crippen LogP contribution in [0.25, 0.3) is 0 Å². The topological polar surface area (TPSA) is 47.9 Å². The van der Waals surface area contributed by atoms with Crippen molar-refractivity contribution in [1.82, 2.24) is 15.1 Å². The Labute approximate surface area is 146 Å². The van der Waals surface area contributed by atoms with Gasteiger partial charge in [0.1, 0.15) is 6.54 Å². The molecule has 1 aromatic carbocycles. The fourth-order valence-electron chi connectivity index (χ4n) is 1.94. The monoisotopic (exact) mass is 358 g/mol.